The highest BCUT2D eigenvalue weighted by molar-refractivity contribution is 5.37. The summed E-state index contributed by atoms with van der Waals surface area (Å²) in [5.41, 5.74) is 0.984. The molecule has 0 aliphatic carbocycles. The van der Waals surface area contributed by atoms with E-state index in [2.05, 4.69) is 5.32 Å². The molecule has 1 N–H and O–H groups in total. The number of benzene rings is 1. The standard InChI is InChI=1S/C12H14FNO/c13-10-1-2-11-9(7-10)3-4-12(15-11)5-6-14-8-12/h1-2,7,14H,3-6,8H2/t12-/m0/s1. The topological polar surface area (TPSA) is 21.3 Å². The van der Waals surface area contributed by atoms with Crippen LogP contribution in [0.3, 0.4) is 0 Å². The van der Waals surface area contributed by atoms with Crippen LogP contribution in [0.4, 0.5) is 4.39 Å². The van der Waals surface area contributed by atoms with Crippen LogP contribution in [-0.4, -0.2) is 18.7 Å². The number of fused-ring (bicyclic) bond motifs is 1. The molecular weight excluding hydrogens is 193 g/mol. The highest BCUT2D eigenvalue weighted by Crippen LogP contribution is 2.36. The van der Waals surface area contributed by atoms with Crippen LogP contribution in [0.25, 0.3) is 0 Å². The molecule has 0 radical (unpaired) electrons. The van der Waals surface area contributed by atoms with E-state index in [1.54, 1.807) is 12.1 Å². The van der Waals surface area contributed by atoms with E-state index in [0.717, 1.165) is 43.7 Å². The molecule has 0 amide bonds. The van der Waals surface area contributed by atoms with Crippen LogP contribution >= 0.6 is 0 Å². The number of nitrogens with one attached hydrogen (secondary N) is 1. The maximum Gasteiger partial charge on any atom is 0.123 e. The van der Waals surface area contributed by atoms with Crippen LogP contribution in [0.5, 0.6) is 5.75 Å². The van der Waals surface area contributed by atoms with E-state index in [9.17, 15) is 4.39 Å². The summed E-state index contributed by atoms with van der Waals surface area (Å²) in [6.07, 6.45) is 2.98. The second kappa shape index (κ2) is 3.20. The first-order valence-electron chi connectivity index (χ1n) is 5.46. The second-order valence-electron chi connectivity index (χ2n) is 4.46. The summed E-state index contributed by atoms with van der Waals surface area (Å²) in [7, 11) is 0. The fraction of sp³-hybridized carbons (Fsp3) is 0.500. The van der Waals surface area contributed by atoms with Crippen LogP contribution in [0.2, 0.25) is 0 Å². The fourth-order valence-corrected chi connectivity index (χ4v) is 2.51. The lowest BCUT2D eigenvalue weighted by Crippen LogP contribution is -2.41. The van der Waals surface area contributed by atoms with E-state index in [1.807, 2.05) is 0 Å². The zero-order valence-electron chi connectivity index (χ0n) is 8.55. The Labute approximate surface area is 88.4 Å². The van der Waals surface area contributed by atoms with Crippen molar-refractivity contribution in [3.8, 4) is 5.75 Å². The molecule has 2 heterocycles. The van der Waals surface area contributed by atoms with Crippen LogP contribution in [0.15, 0.2) is 18.2 Å². The van der Waals surface area contributed by atoms with Crippen LogP contribution in [0, 0.1) is 5.82 Å². The molecule has 0 aromatic heterocycles. The Balaban J connectivity index is 1.93. The number of hydrogen-bond acceptors (Lipinski definition) is 2. The monoisotopic (exact) mass is 207 g/mol. The lowest BCUT2D eigenvalue weighted by atomic mass is 9.90. The van der Waals surface area contributed by atoms with E-state index >= 15 is 0 Å². The molecule has 3 rings (SSSR count). The van der Waals surface area contributed by atoms with Gasteiger partial charge in [-0.2, -0.15) is 0 Å². The summed E-state index contributed by atoms with van der Waals surface area (Å²) in [5, 5.41) is 3.33. The Morgan fingerprint density at radius 1 is 1.33 bits per heavy atom. The number of halogens is 1. The van der Waals surface area contributed by atoms with Crippen molar-refractivity contribution >= 4 is 0 Å². The molecule has 1 fully saturated rings. The highest BCUT2D eigenvalue weighted by Gasteiger charge is 2.38. The normalized spacial score (nSPS) is 28.9. The molecule has 1 spiro atoms. The maximum atomic E-state index is 13.0. The van der Waals surface area contributed by atoms with Gasteiger partial charge in [0.25, 0.3) is 0 Å². The Morgan fingerprint density at radius 2 is 2.27 bits per heavy atom. The average Bonchev–Trinajstić information content (AvgIpc) is 2.67. The van der Waals surface area contributed by atoms with E-state index in [1.165, 1.54) is 6.07 Å². The third kappa shape index (κ3) is 1.51. The molecule has 0 saturated carbocycles. The minimum Gasteiger partial charge on any atom is -0.486 e. The first-order chi connectivity index (χ1) is 7.27. The van der Waals surface area contributed by atoms with Crippen molar-refractivity contribution in [2.24, 2.45) is 0 Å². The summed E-state index contributed by atoms with van der Waals surface area (Å²) >= 11 is 0. The number of ether oxygens (including phenoxy) is 1. The predicted octanol–water partition coefficient (Wildman–Crippen LogP) is 1.88. The van der Waals surface area contributed by atoms with Crippen LogP contribution < -0.4 is 10.1 Å². The zero-order chi connectivity index (χ0) is 10.3. The van der Waals surface area contributed by atoms with Crippen molar-refractivity contribution in [1.29, 1.82) is 0 Å². The minimum absolute atomic E-state index is 0.0230. The molecular formula is C12H14FNO. The third-order valence-electron chi connectivity index (χ3n) is 3.40. The summed E-state index contributed by atoms with van der Waals surface area (Å²) in [4.78, 5) is 0. The lowest BCUT2D eigenvalue weighted by molar-refractivity contribution is 0.0662. The minimum atomic E-state index is -0.169. The van der Waals surface area contributed by atoms with Gasteiger partial charge < -0.3 is 10.1 Å². The Kier molecular flexibility index (Phi) is 1.96. The van der Waals surface area contributed by atoms with Gasteiger partial charge in [-0.15, -0.1) is 0 Å². The molecule has 2 aliphatic heterocycles. The van der Waals surface area contributed by atoms with Gasteiger partial charge in [0.2, 0.25) is 0 Å². The molecule has 15 heavy (non-hydrogen) atoms. The Bertz CT molecular complexity index is 385. The molecule has 1 aromatic carbocycles. The average molecular weight is 207 g/mol. The van der Waals surface area contributed by atoms with Crippen molar-refractivity contribution in [3.05, 3.63) is 29.6 Å². The van der Waals surface area contributed by atoms with Gasteiger partial charge in [-0.3, -0.25) is 0 Å². The van der Waals surface area contributed by atoms with Gasteiger partial charge in [0.15, 0.2) is 0 Å². The van der Waals surface area contributed by atoms with Crippen molar-refractivity contribution in [2.45, 2.75) is 24.9 Å². The van der Waals surface area contributed by atoms with Crippen LogP contribution in [0.1, 0.15) is 18.4 Å². The molecule has 80 valence electrons. The Hall–Kier alpha value is -1.09. The third-order valence-corrected chi connectivity index (χ3v) is 3.40. The van der Waals surface area contributed by atoms with E-state index in [-0.39, 0.29) is 11.4 Å². The van der Waals surface area contributed by atoms with Gasteiger partial charge in [0.05, 0.1) is 0 Å². The van der Waals surface area contributed by atoms with E-state index in [4.69, 9.17) is 4.74 Å². The fourth-order valence-electron chi connectivity index (χ4n) is 2.51. The first kappa shape index (κ1) is 9.16. The van der Waals surface area contributed by atoms with Crippen molar-refractivity contribution in [1.82, 2.24) is 5.32 Å². The quantitative estimate of drug-likeness (QED) is 0.701. The summed E-state index contributed by atoms with van der Waals surface area (Å²) in [6, 6.07) is 4.81. The van der Waals surface area contributed by atoms with Gasteiger partial charge in [-0.1, -0.05) is 0 Å². The lowest BCUT2D eigenvalue weighted by Gasteiger charge is -2.34. The molecule has 2 nitrogen and oxygen atoms in total. The van der Waals surface area contributed by atoms with Crippen molar-refractivity contribution in [3.63, 3.8) is 0 Å². The molecule has 1 atom stereocenters. The SMILES string of the molecule is Fc1ccc2c(c1)CC[C@@]1(CCNC1)O2. The van der Waals surface area contributed by atoms with Gasteiger partial charge in [0, 0.05) is 13.0 Å². The largest absolute Gasteiger partial charge is 0.486 e. The molecule has 1 aromatic rings. The summed E-state index contributed by atoms with van der Waals surface area (Å²) in [6.45, 7) is 1.94. The summed E-state index contributed by atoms with van der Waals surface area (Å²) in [5.74, 6) is 0.698. The number of hydrogen-bond donors (Lipinski definition) is 1. The number of rotatable bonds is 0. The molecule has 0 bridgehead atoms. The predicted molar refractivity (Wildman–Crippen MR) is 55.6 cm³/mol. The molecule has 2 aliphatic rings. The van der Waals surface area contributed by atoms with Gasteiger partial charge in [-0.25, -0.2) is 4.39 Å². The van der Waals surface area contributed by atoms with Crippen LogP contribution in [-0.2, 0) is 6.42 Å². The summed E-state index contributed by atoms with van der Waals surface area (Å²) < 4.78 is 19.0. The van der Waals surface area contributed by atoms with Gasteiger partial charge >= 0.3 is 0 Å². The smallest absolute Gasteiger partial charge is 0.123 e. The molecule has 3 heteroatoms. The van der Waals surface area contributed by atoms with E-state index in [0.29, 0.717) is 0 Å². The zero-order valence-corrected chi connectivity index (χ0v) is 8.55. The molecule has 0 unspecified atom stereocenters. The van der Waals surface area contributed by atoms with Crippen molar-refractivity contribution < 1.29 is 9.13 Å². The molecule has 1 saturated heterocycles. The van der Waals surface area contributed by atoms with Crippen molar-refractivity contribution in [2.75, 3.05) is 13.1 Å². The van der Waals surface area contributed by atoms with E-state index < -0.39 is 0 Å². The van der Waals surface area contributed by atoms with Gasteiger partial charge in [0.1, 0.15) is 17.2 Å². The maximum absolute atomic E-state index is 13.0. The Morgan fingerprint density at radius 3 is 3.07 bits per heavy atom. The van der Waals surface area contributed by atoms with Gasteiger partial charge in [-0.05, 0) is 43.1 Å². The first-order valence-corrected chi connectivity index (χ1v) is 5.46. The number of aryl methyl sites for hydroxylation is 1. The second-order valence-corrected chi connectivity index (χ2v) is 4.46. The highest BCUT2D eigenvalue weighted by atomic mass is 19.1.